The van der Waals surface area contributed by atoms with Crippen LogP contribution in [0.5, 0.6) is 0 Å². The first-order valence-corrected chi connectivity index (χ1v) is 5.87. The summed E-state index contributed by atoms with van der Waals surface area (Å²) >= 11 is 3.32. The molecule has 1 atom stereocenters. The fourth-order valence-corrected chi connectivity index (χ4v) is 1.41. The van der Waals surface area contributed by atoms with Crippen LogP contribution in [0, 0.1) is 0 Å². The van der Waals surface area contributed by atoms with Gasteiger partial charge in [0.25, 0.3) is 0 Å². The van der Waals surface area contributed by atoms with Gasteiger partial charge in [-0.15, -0.1) is 0 Å². The molecular weight excluding hydrogens is 286 g/mol. The first-order valence-electron chi connectivity index (χ1n) is 5.07. The van der Waals surface area contributed by atoms with Crippen molar-refractivity contribution in [1.82, 2.24) is 10.6 Å². The lowest BCUT2D eigenvalue weighted by atomic mass is 10.2. The van der Waals surface area contributed by atoms with Crippen LogP contribution in [0.25, 0.3) is 0 Å². The number of carbonyl (C=O) groups excluding carboxylic acids is 2. The van der Waals surface area contributed by atoms with Crippen molar-refractivity contribution in [1.29, 1.82) is 0 Å². The van der Waals surface area contributed by atoms with E-state index in [0.29, 0.717) is 0 Å². The SMILES string of the molecule is CNC(=O)NC(=O)[C@@H](C)Nc1ccc(Br)cc1. The number of carbonyl (C=O) groups is 2. The van der Waals surface area contributed by atoms with Crippen molar-refractivity contribution < 1.29 is 9.59 Å². The number of hydrogen-bond donors (Lipinski definition) is 3. The number of urea groups is 1. The number of imide groups is 1. The summed E-state index contributed by atoms with van der Waals surface area (Å²) in [6.45, 7) is 1.68. The second kappa shape index (κ2) is 6.24. The number of rotatable bonds is 3. The lowest BCUT2D eigenvalue weighted by Gasteiger charge is -2.14. The van der Waals surface area contributed by atoms with Crippen LogP contribution in [0.1, 0.15) is 6.92 Å². The molecule has 0 spiro atoms. The Morgan fingerprint density at radius 3 is 2.35 bits per heavy atom. The summed E-state index contributed by atoms with van der Waals surface area (Å²) in [4.78, 5) is 22.5. The number of halogens is 1. The molecule has 0 saturated heterocycles. The Labute approximate surface area is 108 Å². The summed E-state index contributed by atoms with van der Waals surface area (Å²) in [5, 5.41) is 7.50. The van der Waals surface area contributed by atoms with Crippen LogP contribution in [-0.4, -0.2) is 25.0 Å². The van der Waals surface area contributed by atoms with Crippen LogP contribution >= 0.6 is 15.9 Å². The van der Waals surface area contributed by atoms with Gasteiger partial charge < -0.3 is 10.6 Å². The van der Waals surface area contributed by atoms with Gasteiger partial charge in [-0.05, 0) is 31.2 Å². The Balaban J connectivity index is 2.54. The second-order valence-corrected chi connectivity index (χ2v) is 4.36. The highest BCUT2D eigenvalue weighted by molar-refractivity contribution is 9.10. The topological polar surface area (TPSA) is 70.2 Å². The molecule has 0 radical (unpaired) electrons. The highest BCUT2D eigenvalue weighted by Gasteiger charge is 2.14. The number of hydrogen-bond acceptors (Lipinski definition) is 3. The van der Waals surface area contributed by atoms with Crippen molar-refractivity contribution in [2.24, 2.45) is 0 Å². The maximum Gasteiger partial charge on any atom is 0.321 e. The standard InChI is InChI=1S/C11H14BrN3O2/c1-7(10(16)15-11(17)13-2)14-9-5-3-8(12)4-6-9/h3-7,14H,1-2H3,(H2,13,15,16,17)/t7-/m1/s1. The van der Waals surface area contributed by atoms with E-state index in [2.05, 4.69) is 31.9 Å². The van der Waals surface area contributed by atoms with Crippen molar-refractivity contribution in [2.45, 2.75) is 13.0 Å². The summed E-state index contributed by atoms with van der Waals surface area (Å²) < 4.78 is 0.963. The highest BCUT2D eigenvalue weighted by atomic mass is 79.9. The molecule has 0 aliphatic carbocycles. The molecule has 0 unspecified atom stereocenters. The molecule has 6 heteroatoms. The van der Waals surface area contributed by atoms with Crippen molar-refractivity contribution in [2.75, 3.05) is 12.4 Å². The number of nitrogens with one attached hydrogen (secondary N) is 3. The summed E-state index contributed by atoms with van der Waals surface area (Å²) in [6.07, 6.45) is 0. The van der Waals surface area contributed by atoms with Crippen molar-refractivity contribution in [3.05, 3.63) is 28.7 Å². The zero-order valence-corrected chi connectivity index (χ0v) is 11.2. The van der Waals surface area contributed by atoms with E-state index >= 15 is 0 Å². The van der Waals surface area contributed by atoms with E-state index in [-0.39, 0.29) is 5.91 Å². The predicted molar refractivity (Wildman–Crippen MR) is 69.8 cm³/mol. The van der Waals surface area contributed by atoms with Gasteiger partial charge in [0, 0.05) is 17.2 Å². The van der Waals surface area contributed by atoms with Gasteiger partial charge in [0.15, 0.2) is 0 Å². The molecular formula is C11H14BrN3O2. The third-order valence-electron chi connectivity index (χ3n) is 2.08. The van der Waals surface area contributed by atoms with Gasteiger partial charge in [-0.2, -0.15) is 0 Å². The van der Waals surface area contributed by atoms with Crippen molar-refractivity contribution in [3.8, 4) is 0 Å². The molecule has 0 aromatic heterocycles. The van der Waals surface area contributed by atoms with Crippen molar-refractivity contribution in [3.63, 3.8) is 0 Å². The monoisotopic (exact) mass is 299 g/mol. The molecule has 0 fully saturated rings. The Bertz CT molecular complexity index is 406. The zero-order chi connectivity index (χ0) is 12.8. The molecule has 0 bridgehead atoms. The van der Waals surface area contributed by atoms with Gasteiger partial charge in [0.1, 0.15) is 6.04 Å². The number of amides is 3. The normalized spacial score (nSPS) is 11.5. The van der Waals surface area contributed by atoms with Crippen molar-refractivity contribution >= 4 is 33.6 Å². The molecule has 0 aliphatic rings. The second-order valence-electron chi connectivity index (χ2n) is 3.44. The van der Waals surface area contributed by atoms with E-state index in [1.165, 1.54) is 7.05 Å². The first kappa shape index (κ1) is 13.5. The Hall–Kier alpha value is -1.56. The predicted octanol–water partition coefficient (Wildman–Crippen LogP) is 1.71. The number of benzene rings is 1. The molecule has 0 aliphatic heterocycles. The molecule has 3 N–H and O–H groups in total. The van der Waals surface area contributed by atoms with Crippen LogP contribution in [0.3, 0.4) is 0 Å². The average molecular weight is 300 g/mol. The van der Waals surface area contributed by atoms with Crippen LogP contribution in [-0.2, 0) is 4.79 Å². The summed E-state index contributed by atoms with van der Waals surface area (Å²) in [7, 11) is 1.45. The molecule has 1 aromatic carbocycles. The third kappa shape index (κ3) is 4.44. The molecule has 17 heavy (non-hydrogen) atoms. The summed E-state index contributed by atoms with van der Waals surface area (Å²) in [6, 6.07) is 6.41. The van der Waals surface area contributed by atoms with Crippen LogP contribution < -0.4 is 16.0 Å². The van der Waals surface area contributed by atoms with Gasteiger partial charge in [-0.1, -0.05) is 15.9 Å². The maximum absolute atomic E-state index is 11.5. The van der Waals surface area contributed by atoms with E-state index in [1.807, 2.05) is 24.3 Å². The van der Waals surface area contributed by atoms with E-state index in [0.717, 1.165) is 10.2 Å². The average Bonchev–Trinajstić information content (AvgIpc) is 2.31. The summed E-state index contributed by atoms with van der Waals surface area (Å²) in [5.74, 6) is -0.382. The van der Waals surface area contributed by atoms with Gasteiger partial charge >= 0.3 is 6.03 Å². The smallest absolute Gasteiger partial charge is 0.321 e. The molecule has 0 heterocycles. The Kier molecular flexibility index (Phi) is 4.96. The minimum Gasteiger partial charge on any atom is -0.374 e. The van der Waals surface area contributed by atoms with Crippen LogP contribution in [0.2, 0.25) is 0 Å². The van der Waals surface area contributed by atoms with Crippen LogP contribution in [0.15, 0.2) is 28.7 Å². The van der Waals surface area contributed by atoms with E-state index in [9.17, 15) is 9.59 Å². The minimum absolute atomic E-state index is 0.382. The highest BCUT2D eigenvalue weighted by Crippen LogP contribution is 2.14. The van der Waals surface area contributed by atoms with E-state index in [1.54, 1.807) is 6.92 Å². The largest absolute Gasteiger partial charge is 0.374 e. The quantitative estimate of drug-likeness (QED) is 0.796. The zero-order valence-electron chi connectivity index (χ0n) is 9.58. The lowest BCUT2D eigenvalue weighted by molar-refractivity contribution is -0.120. The lowest BCUT2D eigenvalue weighted by Crippen LogP contribution is -2.44. The number of anilines is 1. The first-order chi connectivity index (χ1) is 8.02. The van der Waals surface area contributed by atoms with E-state index < -0.39 is 12.1 Å². The summed E-state index contributed by atoms with van der Waals surface area (Å²) in [5.41, 5.74) is 0.813. The Morgan fingerprint density at radius 2 is 1.82 bits per heavy atom. The molecule has 3 amide bonds. The Morgan fingerprint density at radius 1 is 1.24 bits per heavy atom. The molecule has 1 aromatic rings. The van der Waals surface area contributed by atoms with Gasteiger partial charge in [-0.3, -0.25) is 10.1 Å². The molecule has 0 saturated carbocycles. The molecule has 5 nitrogen and oxygen atoms in total. The fraction of sp³-hybridized carbons (Fsp3) is 0.273. The molecule has 1 rings (SSSR count). The third-order valence-corrected chi connectivity index (χ3v) is 2.61. The molecule has 92 valence electrons. The van der Waals surface area contributed by atoms with Crippen LogP contribution in [0.4, 0.5) is 10.5 Å². The minimum atomic E-state index is -0.514. The van der Waals surface area contributed by atoms with E-state index in [4.69, 9.17) is 0 Å². The van der Waals surface area contributed by atoms with Gasteiger partial charge in [0.05, 0.1) is 0 Å². The fourth-order valence-electron chi connectivity index (χ4n) is 1.14. The maximum atomic E-state index is 11.5. The van der Waals surface area contributed by atoms with Gasteiger partial charge in [0.2, 0.25) is 5.91 Å². The van der Waals surface area contributed by atoms with Gasteiger partial charge in [-0.25, -0.2) is 4.79 Å².